The van der Waals surface area contributed by atoms with Crippen molar-refractivity contribution in [1.82, 2.24) is 14.8 Å². The molecule has 0 bridgehead atoms. The highest BCUT2D eigenvalue weighted by Crippen LogP contribution is 2.20. The Kier molecular flexibility index (Phi) is 4.04. The third-order valence-corrected chi connectivity index (χ3v) is 3.23. The maximum absolute atomic E-state index is 5.27. The van der Waals surface area contributed by atoms with Crippen LogP contribution in [0.3, 0.4) is 0 Å². The summed E-state index contributed by atoms with van der Waals surface area (Å²) in [7, 11) is 0. The number of hydrogen-bond donors (Lipinski definition) is 0. The van der Waals surface area contributed by atoms with Crippen LogP contribution < -0.4 is 0 Å². The second kappa shape index (κ2) is 5.75. The predicted octanol–water partition coefficient (Wildman–Crippen LogP) is 2.96. The molecule has 0 atom stereocenters. The molecule has 2 heterocycles. The maximum Gasteiger partial charge on any atom is 0.186 e. The van der Waals surface area contributed by atoms with Gasteiger partial charge in [0.15, 0.2) is 5.16 Å². The number of thioether (sulfide) groups is 1. The van der Waals surface area contributed by atoms with Crippen LogP contribution >= 0.6 is 11.8 Å². The summed E-state index contributed by atoms with van der Waals surface area (Å²) in [6.07, 6.45) is 5.61. The molecule has 0 saturated heterocycles. The Bertz CT molecular complexity index is 411. The van der Waals surface area contributed by atoms with Gasteiger partial charge >= 0.3 is 0 Å². The van der Waals surface area contributed by atoms with Gasteiger partial charge in [-0.15, -0.1) is 0 Å². The fourth-order valence-corrected chi connectivity index (χ4v) is 2.20. The number of furan rings is 1. The molecule has 0 spiro atoms. The molecule has 0 aliphatic carbocycles. The van der Waals surface area contributed by atoms with Crippen LogP contribution in [0, 0.1) is 0 Å². The summed E-state index contributed by atoms with van der Waals surface area (Å²) in [6.45, 7) is 3.11. The normalized spacial score (nSPS) is 10.8. The topological polar surface area (TPSA) is 43.9 Å². The summed E-state index contributed by atoms with van der Waals surface area (Å²) in [5.74, 6) is 1.77. The van der Waals surface area contributed by atoms with Crippen LogP contribution in [0.4, 0.5) is 0 Å². The largest absolute Gasteiger partial charge is 0.468 e. The summed E-state index contributed by atoms with van der Waals surface area (Å²) in [5, 5.41) is 5.17. The third kappa shape index (κ3) is 2.88. The Balaban J connectivity index is 1.91. The highest BCUT2D eigenvalue weighted by molar-refractivity contribution is 7.98. The van der Waals surface area contributed by atoms with Gasteiger partial charge in [-0.05, 0) is 18.6 Å². The van der Waals surface area contributed by atoms with E-state index < -0.39 is 0 Å². The molecular weight excluding hydrogens is 222 g/mol. The minimum atomic E-state index is 0.803. The molecule has 16 heavy (non-hydrogen) atoms. The Morgan fingerprint density at radius 2 is 2.44 bits per heavy atom. The van der Waals surface area contributed by atoms with E-state index in [2.05, 4.69) is 17.0 Å². The molecule has 0 amide bonds. The van der Waals surface area contributed by atoms with Crippen molar-refractivity contribution >= 4 is 11.8 Å². The van der Waals surface area contributed by atoms with Gasteiger partial charge in [0.1, 0.15) is 12.1 Å². The highest BCUT2D eigenvalue weighted by Gasteiger charge is 2.05. The van der Waals surface area contributed by atoms with Crippen LogP contribution in [0.1, 0.15) is 25.5 Å². The van der Waals surface area contributed by atoms with Gasteiger partial charge in [-0.25, -0.2) is 9.67 Å². The summed E-state index contributed by atoms with van der Waals surface area (Å²) in [4.78, 5) is 4.24. The van der Waals surface area contributed by atoms with Gasteiger partial charge in [0.05, 0.1) is 12.0 Å². The zero-order valence-corrected chi connectivity index (χ0v) is 10.1. The molecule has 2 rings (SSSR count). The molecule has 0 aromatic carbocycles. The zero-order valence-electron chi connectivity index (χ0n) is 9.30. The van der Waals surface area contributed by atoms with Crippen LogP contribution in [0.15, 0.2) is 34.3 Å². The molecule has 0 unspecified atom stereocenters. The van der Waals surface area contributed by atoms with E-state index in [0.717, 1.165) is 29.6 Å². The van der Waals surface area contributed by atoms with Crippen molar-refractivity contribution in [3.63, 3.8) is 0 Å². The first-order valence-electron chi connectivity index (χ1n) is 5.43. The Hall–Kier alpha value is -1.23. The number of aryl methyl sites for hydroxylation is 1. The van der Waals surface area contributed by atoms with E-state index in [1.54, 1.807) is 24.4 Å². The van der Waals surface area contributed by atoms with Gasteiger partial charge in [-0.1, -0.05) is 25.1 Å². The van der Waals surface area contributed by atoms with E-state index in [4.69, 9.17) is 4.42 Å². The quantitative estimate of drug-likeness (QED) is 0.724. The molecule has 2 aromatic heterocycles. The fraction of sp³-hybridized carbons (Fsp3) is 0.455. The second-order valence-electron chi connectivity index (χ2n) is 3.49. The smallest absolute Gasteiger partial charge is 0.186 e. The predicted molar refractivity (Wildman–Crippen MR) is 63.2 cm³/mol. The van der Waals surface area contributed by atoms with Crippen molar-refractivity contribution in [3.8, 4) is 0 Å². The molecular formula is C11H15N3OS. The van der Waals surface area contributed by atoms with Crippen molar-refractivity contribution in [2.75, 3.05) is 0 Å². The van der Waals surface area contributed by atoms with Crippen LogP contribution in [0.5, 0.6) is 0 Å². The molecule has 0 aliphatic heterocycles. The molecule has 0 radical (unpaired) electrons. The zero-order chi connectivity index (χ0) is 11.2. The van der Waals surface area contributed by atoms with Gasteiger partial charge in [0, 0.05) is 6.54 Å². The number of rotatable bonds is 6. The lowest BCUT2D eigenvalue weighted by atomic mass is 10.3. The van der Waals surface area contributed by atoms with Gasteiger partial charge in [0.2, 0.25) is 0 Å². The highest BCUT2D eigenvalue weighted by atomic mass is 32.2. The summed E-state index contributed by atoms with van der Waals surface area (Å²) >= 11 is 1.66. The summed E-state index contributed by atoms with van der Waals surface area (Å²) < 4.78 is 7.23. The Morgan fingerprint density at radius 1 is 1.50 bits per heavy atom. The lowest BCUT2D eigenvalue weighted by molar-refractivity contribution is 0.522. The Morgan fingerprint density at radius 3 is 3.19 bits per heavy atom. The van der Waals surface area contributed by atoms with Crippen molar-refractivity contribution in [2.45, 2.75) is 37.2 Å². The monoisotopic (exact) mass is 237 g/mol. The van der Waals surface area contributed by atoms with E-state index in [-0.39, 0.29) is 0 Å². The molecule has 4 nitrogen and oxygen atoms in total. The van der Waals surface area contributed by atoms with Crippen LogP contribution in [0.2, 0.25) is 0 Å². The first kappa shape index (κ1) is 11.3. The number of hydrogen-bond acceptors (Lipinski definition) is 4. The summed E-state index contributed by atoms with van der Waals surface area (Å²) in [6, 6.07) is 3.87. The standard InChI is InChI=1S/C11H15N3OS/c1-2-3-6-14-11(12-9-13-14)16-8-10-5-4-7-15-10/h4-5,7,9H,2-3,6,8H2,1H3. The van der Waals surface area contributed by atoms with Crippen molar-refractivity contribution in [3.05, 3.63) is 30.5 Å². The van der Waals surface area contributed by atoms with Crippen molar-refractivity contribution in [2.24, 2.45) is 0 Å². The van der Waals surface area contributed by atoms with Gasteiger partial charge in [-0.2, -0.15) is 5.10 Å². The molecule has 0 fully saturated rings. The van der Waals surface area contributed by atoms with E-state index in [9.17, 15) is 0 Å². The first-order chi connectivity index (χ1) is 7.90. The SMILES string of the molecule is CCCCn1ncnc1SCc1ccco1. The van der Waals surface area contributed by atoms with E-state index >= 15 is 0 Å². The summed E-state index contributed by atoms with van der Waals surface area (Å²) in [5.41, 5.74) is 0. The van der Waals surface area contributed by atoms with E-state index in [1.807, 2.05) is 16.8 Å². The molecule has 0 saturated carbocycles. The van der Waals surface area contributed by atoms with Crippen LogP contribution in [0.25, 0.3) is 0 Å². The molecule has 2 aromatic rings. The minimum Gasteiger partial charge on any atom is -0.468 e. The number of nitrogens with zero attached hydrogens (tertiary/aromatic N) is 3. The maximum atomic E-state index is 5.27. The number of aromatic nitrogens is 3. The van der Waals surface area contributed by atoms with Crippen LogP contribution in [-0.2, 0) is 12.3 Å². The van der Waals surface area contributed by atoms with Crippen LogP contribution in [-0.4, -0.2) is 14.8 Å². The average molecular weight is 237 g/mol. The second-order valence-corrected chi connectivity index (χ2v) is 4.43. The van der Waals surface area contributed by atoms with E-state index in [0.29, 0.717) is 0 Å². The van der Waals surface area contributed by atoms with Crippen molar-refractivity contribution < 1.29 is 4.42 Å². The van der Waals surface area contributed by atoms with Gasteiger partial charge < -0.3 is 4.42 Å². The molecule has 5 heteroatoms. The van der Waals surface area contributed by atoms with Crippen molar-refractivity contribution in [1.29, 1.82) is 0 Å². The lowest BCUT2D eigenvalue weighted by Crippen LogP contribution is -2.01. The fourth-order valence-electron chi connectivity index (χ4n) is 1.36. The Labute approximate surface area is 99.1 Å². The lowest BCUT2D eigenvalue weighted by Gasteiger charge is -2.03. The average Bonchev–Trinajstić information content (AvgIpc) is 2.94. The first-order valence-corrected chi connectivity index (χ1v) is 6.41. The minimum absolute atomic E-state index is 0.803. The molecule has 86 valence electrons. The molecule has 0 aliphatic rings. The van der Waals surface area contributed by atoms with Gasteiger partial charge in [0.25, 0.3) is 0 Å². The number of unbranched alkanes of at least 4 members (excludes halogenated alkanes) is 1. The van der Waals surface area contributed by atoms with E-state index in [1.165, 1.54) is 6.42 Å². The molecule has 0 N–H and O–H groups in total. The van der Waals surface area contributed by atoms with Gasteiger partial charge in [-0.3, -0.25) is 0 Å². The third-order valence-electron chi connectivity index (χ3n) is 2.23.